The average molecular weight is 243 g/mol. The summed E-state index contributed by atoms with van der Waals surface area (Å²) in [7, 11) is 1.71. The van der Waals surface area contributed by atoms with Gasteiger partial charge in [0.05, 0.1) is 7.11 Å². The second-order valence-electron chi connectivity index (χ2n) is 4.65. The molecule has 0 aliphatic rings. The molecule has 0 unspecified atom stereocenters. The lowest BCUT2D eigenvalue weighted by molar-refractivity contribution is 0.419. The van der Waals surface area contributed by atoms with E-state index >= 15 is 0 Å². The lowest BCUT2D eigenvalue weighted by Crippen LogP contribution is -2.10. The Kier molecular flexibility index (Phi) is 4.21. The fourth-order valence-electron chi connectivity index (χ4n) is 2.38. The van der Waals surface area contributed by atoms with Crippen molar-refractivity contribution >= 4 is 10.8 Å². The highest BCUT2D eigenvalue weighted by molar-refractivity contribution is 5.91. The van der Waals surface area contributed by atoms with Crippen molar-refractivity contribution in [3.05, 3.63) is 42.0 Å². The van der Waals surface area contributed by atoms with E-state index in [1.807, 2.05) is 12.1 Å². The summed E-state index contributed by atoms with van der Waals surface area (Å²) in [6.07, 6.45) is 3.39. The summed E-state index contributed by atoms with van der Waals surface area (Å²) in [5.74, 6) is 0.914. The first-order valence-corrected chi connectivity index (χ1v) is 6.59. The molecule has 0 amide bonds. The first kappa shape index (κ1) is 12.9. The highest BCUT2D eigenvalue weighted by atomic mass is 16.5. The predicted octanol–water partition coefficient (Wildman–Crippen LogP) is 4.04. The van der Waals surface area contributed by atoms with Crippen molar-refractivity contribution in [2.24, 2.45) is 5.73 Å². The van der Waals surface area contributed by atoms with Gasteiger partial charge in [-0.15, -0.1) is 0 Å². The second-order valence-corrected chi connectivity index (χ2v) is 4.65. The number of nitrogens with two attached hydrogens (primary N) is 1. The fourth-order valence-corrected chi connectivity index (χ4v) is 2.38. The van der Waals surface area contributed by atoms with Crippen molar-refractivity contribution in [3.8, 4) is 5.75 Å². The molecule has 96 valence electrons. The van der Waals surface area contributed by atoms with Gasteiger partial charge in [0.2, 0.25) is 0 Å². The molecule has 2 aromatic carbocycles. The van der Waals surface area contributed by atoms with Crippen LogP contribution in [0.1, 0.15) is 37.8 Å². The van der Waals surface area contributed by atoms with Crippen LogP contribution in [0.2, 0.25) is 0 Å². The van der Waals surface area contributed by atoms with Crippen LogP contribution in [0.3, 0.4) is 0 Å². The Balaban J connectivity index is 2.45. The zero-order chi connectivity index (χ0) is 13.0. The van der Waals surface area contributed by atoms with Gasteiger partial charge in [0, 0.05) is 11.4 Å². The first-order valence-electron chi connectivity index (χ1n) is 6.59. The van der Waals surface area contributed by atoms with E-state index in [9.17, 15) is 0 Å². The predicted molar refractivity (Wildman–Crippen MR) is 77.0 cm³/mol. The van der Waals surface area contributed by atoms with Crippen molar-refractivity contribution in [3.63, 3.8) is 0 Å². The van der Waals surface area contributed by atoms with E-state index in [2.05, 4.69) is 31.2 Å². The fraction of sp³-hybridized carbons (Fsp3) is 0.375. The van der Waals surface area contributed by atoms with Gasteiger partial charge in [-0.05, 0) is 23.4 Å². The third-order valence-corrected chi connectivity index (χ3v) is 3.41. The maximum Gasteiger partial charge on any atom is 0.126 e. The van der Waals surface area contributed by atoms with Crippen LogP contribution in [-0.2, 0) is 0 Å². The highest BCUT2D eigenvalue weighted by Crippen LogP contribution is 2.32. The molecule has 0 aliphatic heterocycles. The summed E-state index contributed by atoms with van der Waals surface area (Å²) < 4.78 is 5.40. The molecule has 0 saturated carbocycles. The van der Waals surface area contributed by atoms with Gasteiger partial charge in [0.15, 0.2) is 0 Å². The normalized spacial score (nSPS) is 12.6. The number of fused-ring (bicyclic) bond motifs is 1. The molecule has 2 rings (SSSR count). The number of benzene rings is 2. The Hall–Kier alpha value is -1.54. The molecule has 2 N–H and O–H groups in total. The molecular formula is C16H21NO. The van der Waals surface area contributed by atoms with E-state index in [1.165, 1.54) is 23.8 Å². The standard InChI is InChI=1S/C16H21NO/c1-3-4-9-15(17)13-10-11-16(18-2)14-8-6-5-7-12(13)14/h5-8,10-11,15H,3-4,9,17H2,1-2H3/t15-/m0/s1. The number of methoxy groups -OCH3 is 1. The van der Waals surface area contributed by atoms with Gasteiger partial charge in [-0.3, -0.25) is 0 Å². The van der Waals surface area contributed by atoms with E-state index in [-0.39, 0.29) is 6.04 Å². The number of hydrogen-bond acceptors (Lipinski definition) is 2. The van der Waals surface area contributed by atoms with Crippen molar-refractivity contribution in [1.29, 1.82) is 0 Å². The number of unbranched alkanes of at least 4 members (excludes halogenated alkanes) is 1. The second kappa shape index (κ2) is 5.87. The molecule has 0 fully saturated rings. The Morgan fingerprint density at radius 1 is 1.11 bits per heavy atom. The molecule has 0 spiro atoms. The lowest BCUT2D eigenvalue weighted by atomic mass is 9.95. The van der Waals surface area contributed by atoms with Crippen LogP contribution in [0.4, 0.5) is 0 Å². The van der Waals surface area contributed by atoms with Crippen LogP contribution in [0.15, 0.2) is 36.4 Å². The molecule has 0 heterocycles. The van der Waals surface area contributed by atoms with E-state index in [4.69, 9.17) is 10.5 Å². The molecule has 0 bridgehead atoms. The minimum absolute atomic E-state index is 0.112. The molecule has 2 nitrogen and oxygen atoms in total. The molecule has 0 aromatic heterocycles. The largest absolute Gasteiger partial charge is 0.496 e. The highest BCUT2D eigenvalue weighted by Gasteiger charge is 2.11. The van der Waals surface area contributed by atoms with Crippen LogP contribution in [0, 0.1) is 0 Å². The van der Waals surface area contributed by atoms with E-state index in [0.717, 1.165) is 17.6 Å². The lowest BCUT2D eigenvalue weighted by Gasteiger charge is -2.16. The van der Waals surface area contributed by atoms with Crippen molar-refractivity contribution in [1.82, 2.24) is 0 Å². The van der Waals surface area contributed by atoms with Crippen LogP contribution in [0.25, 0.3) is 10.8 Å². The maximum absolute atomic E-state index is 6.30. The number of hydrogen-bond donors (Lipinski definition) is 1. The third-order valence-electron chi connectivity index (χ3n) is 3.41. The molecule has 0 radical (unpaired) electrons. The number of ether oxygens (including phenoxy) is 1. The summed E-state index contributed by atoms with van der Waals surface area (Å²) in [5, 5.41) is 2.35. The summed E-state index contributed by atoms with van der Waals surface area (Å²) in [6, 6.07) is 12.5. The van der Waals surface area contributed by atoms with Gasteiger partial charge in [-0.25, -0.2) is 0 Å². The molecular weight excluding hydrogens is 222 g/mol. The molecule has 2 heteroatoms. The quantitative estimate of drug-likeness (QED) is 0.860. The monoisotopic (exact) mass is 243 g/mol. The summed E-state index contributed by atoms with van der Waals surface area (Å²) in [5.41, 5.74) is 7.52. The minimum atomic E-state index is 0.112. The van der Waals surface area contributed by atoms with Crippen LogP contribution in [-0.4, -0.2) is 7.11 Å². The third kappa shape index (κ3) is 2.49. The first-order chi connectivity index (χ1) is 8.77. The van der Waals surface area contributed by atoms with E-state index in [1.54, 1.807) is 7.11 Å². The minimum Gasteiger partial charge on any atom is -0.496 e. The van der Waals surface area contributed by atoms with Gasteiger partial charge < -0.3 is 10.5 Å². The Morgan fingerprint density at radius 2 is 1.83 bits per heavy atom. The zero-order valence-corrected chi connectivity index (χ0v) is 11.1. The van der Waals surface area contributed by atoms with Gasteiger partial charge in [0.1, 0.15) is 5.75 Å². The van der Waals surface area contributed by atoms with Crippen LogP contribution < -0.4 is 10.5 Å². The Labute approximate surface area is 109 Å². The van der Waals surface area contributed by atoms with E-state index < -0.39 is 0 Å². The molecule has 0 aliphatic carbocycles. The van der Waals surface area contributed by atoms with Crippen molar-refractivity contribution < 1.29 is 4.74 Å². The zero-order valence-electron chi connectivity index (χ0n) is 11.1. The summed E-state index contributed by atoms with van der Waals surface area (Å²) in [4.78, 5) is 0. The number of rotatable bonds is 5. The van der Waals surface area contributed by atoms with Gasteiger partial charge in [-0.1, -0.05) is 50.1 Å². The van der Waals surface area contributed by atoms with Gasteiger partial charge in [-0.2, -0.15) is 0 Å². The van der Waals surface area contributed by atoms with Gasteiger partial charge >= 0.3 is 0 Å². The topological polar surface area (TPSA) is 35.2 Å². The average Bonchev–Trinajstić information content (AvgIpc) is 2.43. The Bertz CT molecular complexity index is 521. The maximum atomic E-state index is 6.30. The van der Waals surface area contributed by atoms with Crippen molar-refractivity contribution in [2.45, 2.75) is 32.2 Å². The Morgan fingerprint density at radius 3 is 2.50 bits per heavy atom. The van der Waals surface area contributed by atoms with Crippen molar-refractivity contribution in [2.75, 3.05) is 7.11 Å². The van der Waals surface area contributed by atoms with Crippen LogP contribution >= 0.6 is 0 Å². The summed E-state index contributed by atoms with van der Waals surface area (Å²) >= 11 is 0. The molecule has 0 saturated heterocycles. The SMILES string of the molecule is CCCC[C@H](N)c1ccc(OC)c2ccccc12. The summed E-state index contributed by atoms with van der Waals surface area (Å²) in [6.45, 7) is 2.19. The molecule has 18 heavy (non-hydrogen) atoms. The van der Waals surface area contributed by atoms with Gasteiger partial charge in [0.25, 0.3) is 0 Å². The molecule has 2 aromatic rings. The van der Waals surface area contributed by atoms with E-state index in [0.29, 0.717) is 0 Å². The molecule has 1 atom stereocenters. The smallest absolute Gasteiger partial charge is 0.126 e. The van der Waals surface area contributed by atoms with Crippen LogP contribution in [0.5, 0.6) is 5.75 Å².